The fourth-order valence-electron chi connectivity index (χ4n) is 4.57. The highest BCUT2D eigenvalue weighted by molar-refractivity contribution is 6.07. The molecule has 1 N–H and O–H groups in total. The number of carbonyl (C=O) groups excluding carboxylic acids is 2. The van der Waals surface area contributed by atoms with Gasteiger partial charge in [0.1, 0.15) is 5.60 Å². The summed E-state index contributed by atoms with van der Waals surface area (Å²) in [7, 11) is 2.12. The Morgan fingerprint density at radius 1 is 1.16 bits per heavy atom. The van der Waals surface area contributed by atoms with Crippen molar-refractivity contribution in [1.82, 2.24) is 15.1 Å². The van der Waals surface area contributed by atoms with E-state index in [2.05, 4.69) is 53.4 Å². The number of likely N-dealkylation sites (tertiary alicyclic amines) is 1. The van der Waals surface area contributed by atoms with Gasteiger partial charge in [-0.2, -0.15) is 0 Å². The van der Waals surface area contributed by atoms with Crippen LogP contribution in [-0.2, 0) is 20.9 Å². The molecule has 170 valence electrons. The molecule has 0 unspecified atom stereocenters. The first-order valence-electron chi connectivity index (χ1n) is 11.6. The van der Waals surface area contributed by atoms with Gasteiger partial charge in [0, 0.05) is 44.6 Å². The van der Waals surface area contributed by atoms with Crippen molar-refractivity contribution >= 4 is 11.9 Å². The Kier molecular flexibility index (Phi) is 8.27. The van der Waals surface area contributed by atoms with Crippen molar-refractivity contribution in [2.45, 2.75) is 58.1 Å². The minimum atomic E-state index is -0.768. The van der Waals surface area contributed by atoms with Crippen molar-refractivity contribution in [3.63, 3.8) is 0 Å². The van der Waals surface area contributed by atoms with Gasteiger partial charge in [-0.3, -0.25) is 9.69 Å². The van der Waals surface area contributed by atoms with Crippen molar-refractivity contribution < 1.29 is 14.3 Å². The van der Waals surface area contributed by atoms with E-state index in [9.17, 15) is 9.59 Å². The molecule has 0 aromatic heterocycles. The number of benzene rings is 1. The predicted molar refractivity (Wildman–Crippen MR) is 123 cm³/mol. The molecule has 3 rings (SSSR count). The second-order valence-electron chi connectivity index (χ2n) is 8.91. The van der Waals surface area contributed by atoms with Crippen molar-refractivity contribution in [1.29, 1.82) is 0 Å². The summed E-state index contributed by atoms with van der Waals surface area (Å²) in [6.45, 7) is 9.03. The van der Waals surface area contributed by atoms with Crippen LogP contribution in [0.1, 0.15) is 51.5 Å². The Morgan fingerprint density at radius 2 is 1.84 bits per heavy atom. The number of nitrogens with zero attached hydrogens (tertiary/aromatic N) is 2. The van der Waals surface area contributed by atoms with Crippen LogP contribution in [0.5, 0.6) is 0 Å². The third-order valence-corrected chi connectivity index (χ3v) is 6.46. The molecule has 0 atom stereocenters. The molecule has 1 amide bonds. The third kappa shape index (κ3) is 5.95. The third-order valence-electron chi connectivity index (χ3n) is 6.46. The highest BCUT2D eigenvalue weighted by atomic mass is 16.6. The predicted octanol–water partition coefficient (Wildman–Crippen LogP) is 3.13. The van der Waals surface area contributed by atoms with Crippen LogP contribution in [-0.4, -0.2) is 67.0 Å². The molecule has 6 heteroatoms. The van der Waals surface area contributed by atoms with Gasteiger partial charge in [-0.1, -0.05) is 43.7 Å². The van der Waals surface area contributed by atoms with Gasteiger partial charge in [-0.25, -0.2) is 4.79 Å². The fourth-order valence-corrected chi connectivity index (χ4v) is 4.57. The Balaban J connectivity index is 1.54. The number of hydrogen-bond donors (Lipinski definition) is 1. The zero-order valence-corrected chi connectivity index (χ0v) is 19.3. The standard InChI is InChI=1S/C25H37N3O3/c1-4-5-15-27(3)16-9-14-26-23(29)22-20(2)24(30)31-25(22)12-17-28(18-13-25)19-21-10-7-6-8-11-21/h6-8,10-11H,4-5,9,12-19H2,1-3H3,(H,26,29). The number of piperidine rings is 1. The van der Waals surface area contributed by atoms with Crippen molar-refractivity contribution in [2.75, 3.05) is 39.8 Å². The van der Waals surface area contributed by atoms with Crippen LogP contribution < -0.4 is 5.32 Å². The first kappa shape index (κ1) is 23.5. The van der Waals surface area contributed by atoms with Crippen molar-refractivity contribution in [2.24, 2.45) is 0 Å². The zero-order valence-electron chi connectivity index (χ0n) is 19.3. The average Bonchev–Trinajstić information content (AvgIpc) is 3.01. The summed E-state index contributed by atoms with van der Waals surface area (Å²) in [4.78, 5) is 30.1. The van der Waals surface area contributed by atoms with Gasteiger partial charge in [0.2, 0.25) is 0 Å². The maximum Gasteiger partial charge on any atom is 0.335 e. The van der Waals surface area contributed by atoms with Gasteiger partial charge in [-0.15, -0.1) is 0 Å². The number of carbonyl (C=O) groups is 2. The van der Waals surface area contributed by atoms with Crippen molar-refractivity contribution in [3.8, 4) is 0 Å². The summed E-state index contributed by atoms with van der Waals surface area (Å²) < 4.78 is 5.81. The molecule has 31 heavy (non-hydrogen) atoms. The number of unbranched alkanes of at least 4 members (excludes halogenated alkanes) is 1. The lowest BCUT2D eigenvalue weighted by Crippen LogP contribution is -2.48. The van der Waals surface area contributed by atoms with Crippen molar-refractivity contribution in [3.05, 3.63) is 47.0 Å². The first-order chi connectivity index (χ1) is 14.9. The van der Waals surface area contributed by atoms with E-state index < -0.39 is 5.60 Å². The van der Waals surface area contributed by atoms with Gasteiger partial charge in [-0.05, 0) is 45.5 Å². The molecule has 2 aliphatic heterocycles. The average molecular weight is 428 g/mol. The zero-order chi connectivity index (χ0) is 22.3. The molecule has 1 saturated heterocycles. The molecule has 1 aromatic rings. The summed E-state index contributed by atoms with van der Waals surface area (Å²) in [5, 5.41) is 3.04. The number of esters is 1. The van der Waals surface area contributed by atoms with Crippen LogP contribution >= 0.6 is 0 Å². The molecule has 0 bridgehead atoms. The molecule has 2 heterocycles. The SMILES string of the molecule is CCCCN(C)CCCNC(=O)C1=C(C)C(=O)OC12CCN(Cc1ccccc1)CC2. The van der Waals surface area contributed by atoms with Gasteiger partial charge < -0.3 is 15.0 Å². The van der Waals surface area contributed by atoms with E-state index in [1.54, 1.807) is 6.92 Å². The van der Waals surface area contributed by atoms with Gasteiger partial charge >= 0.3 is 5.97 Å². The molecule has 0 radical (unpaired) electrons. The summed E-state index contributed by atoms with van der Waals surface area (Å²) in [5.74, 6) is -0.489. The lowest BCUT2D eigenvalue weighted by molar-refractivity contribution is -0.151. The minimum absolute atomic E-state index is 0.143. The van der Waals surface area contributed by atoms with Crippen LogP contribution in [0.25, 0.3) is 0 Å². The second kappa shape index (κ2) is 10.9. The van der Waals surface area contributed by atoms with E-state index >= 15 is 0 Å². The highest BCUT2D eigenvalue weighted by Crippen LogP contribution is 2.41. The number of nitrogens with one attached hydrogen (secondary N) is 1. The molecule has 0 saturated carbocycles. The van der Waals surface area contributed by atoms with Crippen LogP contribution in [0, 0.1) is 0 Å². The fraction of sp³-hybridized carbons (Fsp3) is 0.600. The van der Waals surface area contributed by atoms with E-state index in [0.717, 1.165) is 39.1 Å². The molecule has 1 fully saturated rings. The highest BCUT2D eigenvalue weighted by Gasteiger charge is 2.50. The summed E-state index contributed by atoms with van der Waals surface area (Å²) in [6.07, 6.45) is 4.59. The monoisotopic (exact) mass is 427 g/mol. The molecule has 6 nitrogen and oxygen atoms in total. The van der Waals surface area contributed by atoms with Crippen LogP contribution in [0.2, 0.25) is 0 Å². The second-order valence-corrected chi connectivity index (χ2v) is 8.91. The van der Waals surface area contributed by atoms with E-state index in [0.29, 0.717) is 30.5 Å². The molecule has 0 aliphatic carbocycles. The van der Waals surface area contributed by atoms with E-state index in [-0.39, 0.29) is 11.9 Å². The lowest BCUT2D eigenvalue weighted by Gasteiger charge is -2.39. The first-order valence-corrected chi connectivity index (χ1v) is 11.6. The van der Waals surface area contributed by atoms with Crippen LogP contribution in [0.4, 0.5) is 0 Å². The van der Waals surface area contributed by atoms with Crippen LogP contribution in [0.15, 0.2) is 41.5 Å². The Bertz CT molecular complexity index is 782. The molecular formula is C25H37N3O3. The maximum absolute atomic E-state index is 13.0. The molecule has 1 aromatic carbocycles. The molecule has 1 spiro atoms. The molecular weight excluding hydrogens is 390 g/mol. The van der Waals surface area contributed by atoms with Gasteiger partial charge in [0.15, 0.2) is 0 Å². The van der Waals surface area contributed by atoms with E-state index in [1.807, 2.05) is 6.07 Å². The summed E-state index contributed by atoms with van der Waals surface area (Å²) in [6, 6.07) is 10.4. The summed E-state index contributed by atoms with van der Waals surface area (Å²) >= 11 is 0. The largest absolute Gasteiger partial charge is 0.450 e. The van der Waals surface area contributed by atoms with E-state index in [4.69, 9.17) is 4.74 Å². The number of hydrogen-bond acceptors (Lipinski definition) is 5. The number of amides is 1. The van der Waals surface area contributed by atoms with Gasteiger partial charge in [0.25, 0.3) is 5.91 Å². The van der Waals surface area contributed by atoms with E-state index in [1.165, 1.54) is 18.4 Å². The molecule has 2 aliphatic rings. The Labute approximate surface area is 186 Å². The minimum Gasteiger partial charge on any atom is -0.450 e. The lowest BCUT2D eigenvalue weighted by atomic mass is 9.82. The quantitative estimate of drug-likeness (QED) is 0.459. The number of rotatable bonds is 10. The topological polar surface area (TPSA) is 61.9 Å². The van der Waals surface area contributed by atoms with Gasteiger partial charge in [0.05, 0.1) is 5.57 Å². The Hall–Kier alpha value is -2.18. The van der Waals surface area contributed by atoms with Crippen LogP contribution in [0.3, 0.4) is 0 Å². The summed E-state index contributed by atoms with van der Waals surface area (Å²) in [5.41, 5.74) is 1.52. The normalized spacial score (nSPS) is 18.6. The Morgan fingerprint density at radius 3 is 2.52 bits per heavy atom. The maximum atomic E-state index is 13.0. The smallest absolute Gasteiger partial charge is 0.335 e. The number of ether oxygens (including phenoxy) is 1.